The fourth-order valence-corrected chi connectivity index (χ4v) is 2.25. The molecule has 1 amide bonds. The van der Waals surface area contributed by atoms with E-state index in [1.54, 1.807) is 35.4 Å². The van der Waals surface area contributed by atoms with Crippen LogP contribution in [-0.2, 0) is 14.8 Å². The Labute approximate surface area is 120 Å². The van der Waals surface area contributed by atoms with Crippen LogP contribution in [0.4, 0.5) is 5.69 Å². The van der Waals surface area contributed by atoms with E-state index in [0.29, 0.717) is 5.69 Å². The SMILES string of the molecule is CC(=O)N(/C=C/c1ccc(NS(C)(=O)=O)cc1)C(C)C. The van der Waals surface area contributed by atoms with Gasteiger partial charge in [-0.15, -0.1) is 0 Å². The second kappa shape index (κ2) is 6.56. The van der Waals surface area contributed by atoms with Crippen molar-refractivity contribution in [3.63, 3.8) is 0 Å². The summed E-state index contributed by atoms with van der Waals surface area (Å²) in [6.45, 7) is 5.39. The number of carbonyl (C=O) groups excluding carboxylic acids is 1. The van der Waals surface area contributed by atoms with Crippen molar-refractivity contribution in [3.8, 4) is 0 Å². The van der Waals surface area contributed by atoms with Gasteiger partial charge in [-0.05, 0) is 37.6 Å². The molecule has 6 heteroatoms. The number of benzene rings is 1. The quantitative estimate of drug-likeness (QED) is 0.906. The van der Waals surface area contributed by atoms with Crippen molar-refractivity contribution in [1.29, 1.82) is 0 Å². The normalized spacial score (nSPS) is 11.8. The summed E-state index contributed by atoms with van der Waals surface area (Å²) < 4.78 is 24.6. The maximum Gasteiger partial charge on any atom is 0.229 e. The number of nitrogens with zero attached hydrogens (tertiary/aromatic N) is 1. The molecule has 0 heterocycles. The van der Waals surface area contributed by atoms with Crippen LogP contribution in [0.2, 0.25) is 0 Å². The number of carbonyl (C=O) groups is 1. The molecule has 0 unspecified atom stereocenters. The Morgan fingerprint density at radius 1 is 1.25 bits per heavy atom. The Kier molecular flexibility index (Phi) is 5.33. The third-order valence-corrected chi connectivity index (χ3v) is 3.17. The molecule has 5 nitrogen and oxygen atoms in total. The first kappa shape index (κ1) is 16.2. The molecule has 110 valence electrons. The summed E-state index contributed by atoms with van der Waals surface area (Å²) in [5, 5.41) is 0. The number of hydrogen-bond acceptors (Lipinski definition) is 3. The van der Waals surface area contributed by atoms with Gasteiger partial charge in [-0.1, -0.05) is 12.1 Å². The molecule has 1 aromatic carbocycles. The van der Waals surface area contributed by atoms with Gasteiger partial charge in [-0.2, -0.15) is 0 Å². The second-order valence-electron chi connectivity index (χ2n) is 4.83. The van der Waals surface area contributed by atoms with Gasteiger partial charge >= 0.3 is 0 Å². The van der Waals surface area contributed by atoms with Crippen LogP contribution < -0.4 is 4.72 Å². The fourth-order valence-electron chi connectivity index (χ4n) is 1.68. The van der Waals surface area contributed by atoms with Crippen LogP contribution in [-0.4, -0.2) is 31.5 Å². The molecule has 0 aliphatic heterocycles. The topological polar surface area (TPSA) is 66.5 Å². The van der Waals surface area contributed by atoms with Crippen molar-refractivity contribution in [3.05, 3.63) is 36.0 Å². The van der Waals surface area contributed by atoms with Gasteiger partial charge in [-0.25, -0.2) is 8.42 Å². The molecule has 0 saturated carbocycles. The van der Waals surface area contributed by atoms with Crippen molar-refractivity contribution >= 4 is 27.7 Å². The van der Waals surface area contributed by atoms with Crippen molar-refractivity contribution in [2.75, 3.05) is 11.0 Å². The minimum Gasteiger partial charge on any atom is -0.317 e. The average Bonchev–Trinajstić information content (AvgIpc) is 2.28. The zero-order chi connectivity index (χ0) is 15.3. The lowest BCUT2D eigenvalue weighted by Crippen LogP contribution is -2.29. The summed E-state index contributed by atoms with van der Waals surface area (Å²) in [4.78, 5) is 13.0. The van der Waals surface area contributed by atoms with Gasteiger partial charge in [-0.3, -0.25) is 9.52 Å². The number of hydrogen-bond donors (Lipinski definition) is 1. The highest BCUT2D eigenvalue weighted by Crippen LogP contribution is 2.12. The van der Waals surface area contributed by atoms with Gasteiger partial charge in [0, 0.05) is 24.9 Å². The molecule has 0 saturated heterocycles. The maximum absolute atomic E-state index is 11.4. The summed E-state index contributed by atoms with van der Waals surface area (Å²) in [6, 6.07) is 7.00. The van der Waals surface area contributed by atoms with Crippen molar-refractivity contribution in [2.45, 2.75) is 26.8 Å². The van der Waals surface area contributed by atoms with Crippen LogP contribution in [0.25, 0.3) is 6.08 Å². The van der Waals surface area contributed by atoms with E-state index in [9.17, 15) is 13.2 Å². The summed E-state index contributed by atoms with van der Waals surface area (Å²) in [5.41, 5.74) is 1.40. The van der Waals surface area contributed by atoms with E-state index in [1.165, 1.54) is 6.92 Å². The largest absolute Gasteiger partial charge is 0.317 e. The van der Waals surface area contributed by atoms with Crippen LogP contribution >= 0.6 is 0 Å². The molecule has 0 aliphatic carbocycles. The third-order valence-electron chi connectivity index (χ3n) is 2.56. The molecular weight excluding hydrogens is 276 g/mol. The molecule has 0 bridgehead atoms. The fraction of sp³-hybridized carbons (Fsp3) is 0.357. The highest BCUT2D eigenvalue weighted by atomic mass is 32.2. The molecule has 0 fully saturated rings. The van der Waals surface area contributed by atoms with E-state index in [1.807, 2.05) is 19.9 Å². The van der Waals surface area contributed by atoms with Gasteiger partial charge in [0.05, 0.1) is 6.26 Å². The van der Waals surface area contributed by atoms with Gasteiger partial charge < -0.3 is 4.90 Å². The lowest BCUT2D eigenvalue weighted by molar-refractivity contribution is -0.127. The Morgan fingerprint density at radius 3 is 2.20 bits per heavy atom. The number of amides is 1. The van der Waals surface area contributed by atoms with E-state index in [0.717, 1.165) is 11.8 Å². The van der Waals surface area contributed by atoms with Gasteiger partial charge in [0.25, 0.3) is 0 Å². The molecule has 0 spiro atoms. The summed E-state index contributed by atoms with van der Waals surface area (Å²) in [7, 11) is -3.26. The zero-order valence-corrected chi connectivity index (χ0v) is 12.9. The van der Waals surface area contributed by atoms with Crippen LogP contribution in [0, 0.1) is 0 Å². The maximum atomic E-state index is 11.4. The van der Waals surface area contributed by atoms with Gasteiger partial charge in [0.1, 0.15) is 0 Å². The molecule has 0 aromatic heterocycles. The predicted molar refractivity (Wildman–Crippen MR) is 81.6 cm³/mol. The standard InChI is InChI=1S/C14H20N2O3S/c1-11(2)16(12(3)17)10-9-13-5-7-14(8-6-13)15-20(4,18)19/h5-11,15H,1-4H3/b10-9+. The predicted octanol–water partition coefficient (Wildman–Crippen LogP) is 2.29. The Balaban J connectivity index is 2.82. The lowest BCUT2D eigenvalue weighted by Gasteiger charge is -2.20. The molecule has 0 atom stereocenters. The molecule has 0 radical (unpaired) electrons. The van der Waals surface area contributed by atoms with E-state index >= 15 is 0 Å². The van der Waals surface area contributed by atoms with Crippen molar-refractivity contribution < 1.29 is 13.2 Å². The highest BCUT2D eigenvalue weighted by Gasteiger charge is 2.08. The molecular formula is C14H20N2O3S. The minimum atomic E-state index is -3.26. The Morgan fingerprint density at radius 2 is 1.80 bits per heavy atom. The van der Waals surface area contributed by atoms with Crippen LogP contribution in [0.5, 0.6) is 0 Å². The van der Waals surface area contributed by atoms with Crippen molar-refractivity contribution in [2.24, 2.45) is 0 Å². The number of rotatable bonds is 5. The van der Waals surface area contributed by atoms with E-state index in [-0.39, 0.29) is 11.9 Å². The second-order valence-corrected chi connectivity index (χ2v) is 6.58. The zero-order valence-electron chi connectivity index (χ0n) is 12.1. The van der Waals surface area contributed by atoms with Gasteiger partial charge in [0.15, 0.2) is 0 Å². The molecule has 20 heavy (non-hydrogen) atoms. The van der Waals surface area contributed by atoms with E-state index < -0.39 is 10.0 Å². The monoisotopic (exact) mass is 296 g/mol. The van der Waals surface area contributed by atoms with E-state index in [2.05, 4.69) is 4.72 Å². The smallest absolute Gasteiger partial charge is 0.229 e. The number of sulfonamides is 1. The summed E-state index contributed by atoms with van der Waals surface area (Å²) in [6.07, 6.45) is 4.64. The number of nitrogens with one attached hydrogen (secondary N) is 1. The number of anilines is 1. The highest BCUT2D eigenvalue weighted by molar-refractivity contribution is 7.92. The minimum absolute atomic E-state index is 0.0217. The lowest BCUT2D eigenvalue weighted by atomic mass is 10.2. The molecule has 1 aromatic rings. The average molecular weight is 296 g/mol. The van der Waals surface area contributed by atoms with Crippen molar-refractivity contribution in [1.82, 2.24) is 4.90 Å². The van der Waals surface area contributed by atoms with Crippen LogP contribution in [0.1, 0.15) is 26.3 Å². The molecule has 1 rings (SSSR count). The third kappa shape index (κ3) is 5.44. The molecule has 1 N–H and O–H groups in total. The Hall–Kier alpha value is -1.82. The van der Waals surface area contributed by atoms with E-state index in [4.69, 9.17) is 0 Å². The molecule has 0 aliphatic rings. The summed E-state index contributed by atoms with van der Waals surface area (Å²) >= 11 is 0. The van der Waals surface area contributed by atoms with Crippen LogP contribution in [0.3, 0.4) is 0 Å². The van der Waals surface area contributed by atoms with Gasteiger partial charge in [0.2, 0.25) is 15.9 Å². The first-order valence-electron chi connectivity index (χ1n) is 6.24. The summed E-state index contributed by atoms with van der Waals surface area (Å²) in [5.74, 6) is -0.0217. The first-order chi connectivity index (χ1) is 9.19. The van der Waals surface area contributed by atoms with Crippen LogP contribution in [0.15, 0.2) is 30.5 Å². The Bertz CT molecular complexity index is 589. The first-order valence-corrected chi connectivity index (χ1v) is 8.13.